The summed E-state index contributed by atoms with van der Waals surface area (Å²) in [5, 5.41) is 7.51. The number of hydrogen-bond acceptors (Lipinski definition) is 4. The van der Waals surface area contributed by atoms with E-state index in [1.54, 1.807) is 12.3 Å². The summed E-state index contributed by atoms with van der Waals surface area (Å²) in [5.41, 5.74) is 3.30. The lowest BCUT2D eigenvalue weighted by molar-refractivity contribution is 0.555. The van der Waals surface area contributed by atoms with Crippen molar-refractivity contribution < 1.29 is 4.42 Å². The van der Waals surface area contributed by atoms with Crippen molar-refractivity contribution >= 4 is 16.8 Å². The van der Waals surface area contributed by atoms with Crippen LogP contribution < -0.4 is 11.1 Å². The molecule has 3 aromatic rings. The van der Waals surface area contributed by atoms with Crippen LogP contribution in [0.4, 0.5) is 5.69 Å². The Morgan fingerprint density at radius 2 is 2.32 bits per heavy atom. The van der Waals surface area contributed by atoms with E-state index in [0.717, 1.165) is 17.9 Å². The van der Waals surface area contributed by atoms with Gasteiger partial charge in [0.2, 0.25) is 0 Å². The van der Waals surface area contributed by atoms with E-state index in [1.165, 1.54) is 0 Å². The van der Waals surface area contributed by atoms with Crippen LogP contribution in [0.15, 0.2) is 39.7 Å². The number of oxazole rings is 1. The van der Waals surface area contributed by atoms with Crippen molar-refractivity contribution in [2.45, 2.75) is 20.0 Å². The molecule has 0 radical (unpaired) electrons. The summed E-state index contributed by atoms with van der Waals surface area (Å²) in [7, 11) is 0. The second-order valence-electron chi connectivity index (χ2n) is 4.22. The van der Waals surface area contributed by atoms with Crippen LogP contribution in [0.25, 0.3) is 11.1 Å². The molecule has 0 aliphatic heterocycles. The third kappa shape index (κ3) is 2.24. The molecule has 19 heavy (non-hydrogen) atoms. The van der Waals surface area contributed by atoms with Gasteiger partial charge < -0.3 is 9.73 Å². The van der Waals surface area contributed by atoms with Gasteiger partial charge in [-0.3, -0.25) is 9.67 Å². The van der Waals surface area contributed by atoms with E-state index in [0.29, 0.717) is 17.6 Å². The van der Waals surface area contributed by atoms with Gasteiger partial charge in [-0.05, 0) is 31.2 Å². The van der Waals surface area contributed by atoms with Crippen molar-refractivity contribution in [2.75, 3.05) is 5.32 Å². The molecule has 2 N–H and O–H groups in total. The van der Waals surface area contributed by atoms with Gasteiger partial charge in [0.25, 0.3) is 0 Å². The highest BCUT2D eigenvalue weighted by Gasteiger charge is 2.03. The molecule has 2 aromatic heterocycles. The molecule has 1 aromatic carbocycles. The number of nitrogens with one attached hydrogen (secondary N) is 2. The van der Waals surface area contributed by atoms with E-state index in [1.807, 2.05) is 22.9 Å². The third-order valence-corrected chi connectivity index (χ3v) is 3.00. The zero-order valence-electron chi connectivity index (χ0n) is 10.5. The number of hydrogen-bond donors (Lipinski definition) is 2. The predicted octanol–water partition coefficient (Wildman–Crippen LogP) is 1.95. The molecule has 0 fully saturated rings. The number of aromatic amines is 1. The summed E-state index contributed by atoms with van der Waals surface area (Å²) >= 11 is 0. The van der Waals surface area contributed by atoms with Gasteiger partial charge in [0, 0.05) is 18.4 Å². The van der Waals surface area contributed by atoms with E-state index in [9.17, 15) is 4.79 Å². The van der Waals surface area contributed by atoms with Gasteiger partial charge in [-0.1, -0.05) is 0 Å². The van der Waals surface area contributed by atoms with E-state index in [-0.39, 0.29) is 0 Å². The molecule has 0 aliphatic rings. The smallest absolute Gasteiger partial charge is 0.408 e. The highest BCUT2D eigenvalue weighted by molar-refractivity contribution is 5.76. The quantitative estimate of drug-likeness (QED) is 0.750. The van der Waals surface area contributed by atoms with E-state index in [2.05, 4.69) is 22.3 Å². The van der Waals surface area contributed by atoms with Crippen LogP contribution >= 0.6 is 0 Å². The standard InChI is InChI=1S/C13H14N4O2/c1-2-17-10(5-6-15-17)8-14-9-3-4-12-11(7-9)16-13(18)19-12/h3-7,14H,2,8H2,1H3,(H,16,18). The molecule has 6 nitrogen and oxygen atoms in total. The van der Waals surface area contributed by atoms with Crippen molar-refractivity contribution in [1.29, 1.82) is 0 Å². The maximum Gasteiger partial charge on any atom is 0.417 e. The lowest BCUT2D eigenvalue weighted by atomic mass is 10.3. The summed E-state index contributed by atoms with van der Waals surface area (Å²) in [4.78, 5) is 13.7. The summed E-state index contributed by atoms with van der Waals surface area (Å²) in [6.07, 6.45) is 1.79. The molecule has 0 saturated heterocycles. The van der Waals surface area contributed by atoms with Crippen molar-refractivity contribution in [2.24, 2.45) is 0 Å². The largest absolute Gasteiger partial charge is 0.417 e. The maximum absolute atomic E-state index is 11.1. The van der Waals surface area contributed by atoms with Crippen molar-refractivity contribution in [1.82, 2.24) is 14.8 Å². The van der Waals surface area contributed by atoms with Crippen LogP contribution in [0.2, 0.25) is 0 Å². The molecule has 0 unspecified atom stereocenters. The third-order valence-electron chi connectivity index (χ3n) is 3.00. The van der Waals surface area contributed by atoms with Gasteiger partial charge in [0.1, 0.15) is 0 Å². The van der Waals surface area contributed by atoms with Crippen molar-refractivity contribution in [3.8, 4) is 0 Å². The molecule has 6 heteroatoms. The second-order valence-corrected chi connectivity index (χ2v) is 4.22. The van der Waals surface area contributed by atoms with Crippen LogP contribution in [0.3, 0.4) is 0 Å². The number of rotatable bonds is 4. The van der Waals surface area contributed by atoms with Crippen LogP contribution in [0.5, 0.6) is 0 Å². The Morgan fingerprint density at radius 3 is 3.16 bits per heavy atom. The van der Waals surface area contributed by atoms with Gasteiger partial charge >= 0.3 is 5.76 Å². The number of H-pyrrole nitrogens is 1. The Bertz CT molecular complexity index is 753. The first-order valence-corrected chi connectivity index (χ1v) is 6.13. The van der Waals surface area contributed by atoms with Crippen LogP contribution in [0.1, 0.15) is 12.6 Å². The molecule has 98 valence electrons. The lowest BCUT2D eigenvalue weighted by Gasteiger charge is -2.07. The first kappa shape index (κ1) is 11.6. The minimum atomic E-state index is -0.434. The monoisotopic (exact) mass is 258 g/mol. The van der Waals surface area contributed by atoms with Gasteiger partial charge in [0.15, 0.2) is 5.58 Å². The Morgan fingerprint density at radius 1 is 1.42 bits per heavy atom. The molecule has 0 spiro atoms. The fourth-order valence-corrected chi connectivity index (χ4v) is 2.05. The highest BCUT2D eigenvalue weighted by atomic mass is 16.4. The highest BCUT2D eigenvalue weighted by Crippen LogP contribution is 2.16. The summed E-state index contributed by atoms with van der Waals surface area (Å²) in [6.45, 7) is 3.58. The molecule has 0 amide bonds. The molecular weight excluding hydrogens is 244 g/mol. The first-order valence-electron chi connectivity index (χ1n) is 6.13. The zero-order chi connectivity index (χ0) is 13.2. The fourth-order valence-electron chi connectivity index (χ4n) is 2.05. The Hall–Kier alpha value is -2.50. The van der Waals surface area contributed by atoms with E-state index < -0.39 is 5.76 Å². The molecule has 0 aliphatic carbocycles. The van der Waals surface area contributed by atoms with Gasteiger partial charge in [-0.2, -0.15) is 5.10 Å². The number of nitrogens with zero attached hydrogens (tertiary/aromatic N) is 2. The van der Waals surface area contributed by atoms with Crippen LogP contribution in [-0.4, -0.2) is 14.8 Å². The van der Waals surface area contributed by atoms with Gasteiger partial charge in [-0.15, -0.1) is 0 Å². The molecule has 0 atom stereocenters. The number of anilines is 1. The summed E-state index contributed by atoms with van der Waals surface area (Å²) in [5.74, 6) is -0.434. The van der Waals surface area contributed by atoms with E-state index >= 15 is 0 Å². The number of benzene rings is 1. The zero-order valence-corrected chi connectivity index (χ0v) is 10.5. The summed E-state index contributed by atoms with van der Waals surface area (Å²) < 4.78 is 6.89. The molecule has 2 heterocycles. The minimum Gasteiger partial charge on any atom is -0.408 e. The topological polar surface area (TPSA) is 75.8 Å². The first-order chi connectivity index (χ1) is 9.26. The average molecular weight is 258 g/mol. The predicted molar refractivity (Wildman–Crippen MR) is 72.1 cm³/mol. The Labute approximate surface area is 109 Å². The fraction of sp³-hybridized carbons (Fsp3) is 0.231. The number of fused-ring (bicyclic) bond motifs is 1. The van der Waals surface area contributed by atoms with Crippen LogP contribution in [0, 0.1) is 0 Å². The average Bonchev–Trinajstić information content (AvgIpc) is 3.00. The molecule has 0 saturated carbocycles. The van der Waals surface area contributed by atoms with Gasteiger partial charge in [0.05, 0.1) is 17.8 Å². The van der Waals surface area contributed by atoms with Gasteiger partial charge in [-0.25, -0.2) is 4.79 Å². The Balaban J connectivity index is 1.79. The molecule has 3 rings (SSSR count). The van der Waals surface area contributed by atoms with Crippen molar-refractivity contribution in [3.05, 3.63) is 46.7 Å². The number of aromatic nitrogens is 3. The molecular formula is C13H14N4O2. The molecule has 0 bridgehead atoms. The number of aryl methyl sites for hydroxylation is 1. The van der Waals surface area contributed by atoms with Crippen molar-refractivity contribution in [3.63, 3.8) is 0 Å². The summed E-state index contributed by atoms with van der Waals surface area (Å²) in [6, 6.07) is 7.49. The minimum absolute atomic E-state index is 0.434. The maximum atomic E-state index is 11.1. The second kappa shape index (κ2) is 4.64. The Kier molecular flexibility index (Phi) is 2.83. The van der Waals surface area contributed by atoms with Crippen LogP contribution in [-0.2, 0) is 13.1 Å². The normalized spacial score (nSPS) is 11.0. The lowest BCUT2D eigenvalue weighted by Crippen LogP contribution is -2.07. The van der Waals surface area contributed by atoms with E-state index in [4.69, 9.17) is 4.42 Å². The SMILES string of the molecule is CCn1nccc1CNc1ccc2oc(=O)[nH]c2c1.